The number of benzene rings is 1. The van der Waals surface area contributed by atoms with Gasteiger partial charge in [0.2, 0.25) is 0 Å². The zero-order chi connectivity index (χ0) is 22.3. The molecule has 0 bridgehead atoms. The van der Waals surface area contributed by atoms with Crippen molar-refractivity contribution in [1.29, 1.82) is 0 Å². The minimum absolute atomic E-state index is 0.0489. The molecule has 1 aliphatic heterocycles. The molecule has 2 atom stereocenters. The van der Waals surface area contributed by atoms with Crippen LogP contribution in [0.4, 0.5) is 14.9 Å². The summed E-state index contributed by atoms with van der Waals surface area (Å²) in [5.41, 5.74) is 0.994. The number of amides is 3. The van der Waals surface area contributed by atoms with Crippen LogP contribution in [0.5, 0.6) is 0 Å². The SMILES string of the molecule is O=C(NC[C@@H]1C[C@H](F)CN1Cc1cccs1)Nc1cccc(C(=O)NCc2cccs2)c1. The Morgan fingerprint density at radius 2 is 1.81 bits per heavy atom. The van der Waals surface area contributed by atoms with Gasteiger partial charge in [0.15, 0.2) is 0 Å². The lowest BCUT2D eigenvalue weighted by molar-refractivity contribution is 0.0951. The lowest BCUT2D eigenvalue weighted by Gasteiger charge is -2.23. The Bertz CT molecular complexity index is 1030. The summed E-state index contributed by atoms with van der Waals surface area (Å²) in [6.07, 6.45) is -0.472. The minimum Gasteiger partial charge on any atom is -0.347 e. The van der Waals surface area contributed by atoms with E-state index in [4.69, 9.17) is 0 Å². The van der Waals surface area contributed by atoms with Gasteiger partial charge in [-0.1, -0.05) is 18.2 Å². The van der Waals surface area contributed by atoms with E-state index in [0.717, 1.165) is 4.88 Å². The zero-order valence-corrected chi connectivity index (χ0v) is 19.1. The number of halogens is 1. The van der Waals surface area contributed by atoms with E-state index < -0.39 is 6.17 Å². The first kappa shape index (κ1) is 22.4. The molecular weight excluding hydrogens is 447 g/mol. The molecule has 0 aliphatic carbocycles. The summed E-state index contributed by atoms with van der Waals surface area (Å²) in [6, 6.07) is 14.3. The van der Waals surface area contributed by atoms with E-state index in [9.17, 15) is 14.0 Å². The monoisotopic (exact) mass is 472 g/mol. The number of likely N-dealkylation sites (tertiary alicyclic amines) is 1. The van der Waals surface area contributed by atoms with Crippen molar-refractivity contribution < 1.29 is 14.0 Å². The van der Waals surface area contributed by atoms with E-state index in [2.05, 4.69) is 20.9 Å². The van der Waals surface area contributed by atoms with E-state index in [1.165, 1.54) is 4.88 Å². The summed E-state index contributed by atoms with van der Waals surface area (Å²) >= 11 is 3.23. The van der Waals surface area contributed by atoms with Gasteiger partial charge in [-0.05, 0) is 47.5 Å². The number of anilines is 1. The van der Waals surface area contributed by atoms with Crippen molar-refractivity contribution >= 4 is 40.3 Å². The van der Waals surface area contributed by atoms with Crippen LogP contribution in [0.15, 0.2) is 59.3 Å². The van der Waals surface area contributed by atoms with E-state index in [1.54, 1.807) is 46.9 Å². The van der Waals surface area contributed by atoms with Gasteiger partial charge in [-0.15, -0.1) is 22.7 Å². The van der Waals surface area contributed by atoms with Gasteiger partial charge in [-0.25, -0.2) is 9.18 Å². The average Bonchev–Trinajstić information content (AvgIpc) is 3.54. The van der Waals surface area contributed by atoms with Crippen molar-refractivity contribution in [1.82, 2.24) is 15.5 Å². The molecule has 3 N–H and O–H groups in total. The van der Waals surface area contributed by atoms with E-state index in [-0.39, 0.29) is 18.0 Å². The maximum absolute atomic E-state index is 14.0. The number of thiophene rings is 2. The summed E-state index contributed by atoms with van der Waals surface area (Å²) < 4.78 is 14.0. The second-order valence-corrected chi connectivity index (χ2v) is 9.74. The number of hydrogen-bond donors (Lipinski definition) is 3. The molecule has 168 valence electrons. The minimum atomic E-state index is -0.880. The molecule has 1 aromatic carbocycles. The smallest absolute Gasteiger partial charge is 0.319 e. The third-order valence-corrected chi connectivity index (χ3v) is 7.04. The summed E-state index contributed by atoms with van der Waals surface area (Å²) in [5, 5.41) is 12.5. The van der Waals surface area contributed by atoms with Gasteiger partial charge < -0.3 is 16.0 Å². The fraction of sp³-hybridized carbons (Fsp3) is 0.304. The molecule has 32 heavy (non-hydrogen) atoms. The van der Waals surface area contributed by atoms with E-state index in [0.29, 0.717) is 43.9 Å². The summed E-state index contributed by atoms with van der Waals surface area (Å²) in [6.45, 7) is 1.90. The number of urea groups is 1. The van der Waals surface area contributed by atoms with Gasteiger partial charge in [0.25, 0.3) is 5.91 Å². The normalized spacial score (nSPS) is 18.4. The van der Waals surface area contributed by atoms with Crippen LogP contribution in [0.1, 0.15) is 26.5 Å². The Kier molecular flexibility index (Phi) is 7.51. The largest absolute Gasteiger partial charge is 0.347 e. The number of carbonyl (C=O) groups excluding carboxylic acids is 2. The van der Waals surface area contributed by atoms with Gasteiger partial charge in [0.05, 0.1) is 6.54 Å². The first-order valence-corrected chi connectivity index (χ1v) is 12.2. The standard InChI is InChI=1S/C23H25FN4O2S2/c24-17-11-19(28(14-17)15-21-7-3-9-32-21)12-26-23(30)27-18-5-1-4-16(10-18)22(29)25-13-20-6-2-8-31-20/h1-10,17,19H,11-15H2,(H,25,29)(H2,26,27,30)/t17-,19-/m0/s1. The molecule has 1 saturated heterocycles. The van der Waals surface area contributed by atoms with Crippen LogP contribution in [-0.4, -0.2) is 42.1 Å². The topological polar surface area (TPSA) is 73.5 Å². The number of carbonyl (C=O) groups is 2. The Morgan fingerprint density at radius 3 is 2.56 bits per heavy atom. The van der Waals surface area contributed by atoms with Crippen LogP contribution < -0.4 is 16.0 Å². The number of nitrogens with one attached hydrogen (secondary N) is 3. The van der Waals surface area contributed by atoms with Crippen molar-refractivity contribution in [2.24, 2.45) is 0 Å². The van der Waals surface area contributed by atoms with Crippen molar-refractivity contribution in [2.75, 3.05) is 18.4 Å². The summed E-state index contributed by atoms with van der Waals surface area (Å²) in [4.78, 5) is 29.1. The van der Waals surface area contributed by atoms with Crippen LogP contribution in [-0.2, 0) is 13.1 Å². The van der Waals surface area contributed by atoms with Gasteiger partial charge >= 0.3 is 6.03 Å². The van der Waals surface area contributed by atoms with Gasteiger partial charge in [0.1, 0.15) is 6.17 Å². The average molecular weight is 473 g/mol. The third kappa shape index (κ3) is 6.15. The molecule has 3 aromatic rings. The Balaban J connectivity index is 1.27. The fourth-order valence-corrected chi connectivity index (χ4v) is 5.11. The van der Waals surface area contributed by atoms with Crippen molar-refractivity contribution in [2.45, 2.75) is 31.7 Å². The number of nitrogens with zero attached hydrogens (tertiary/aromatic N) is 1. The molecule has 0 radical (unpaired) electrons. The van der Waals surface area contributed by atoms with Crippen LogP contribution in [0.25, 0.3) is 0 Å². The molecule has 3 heterocycles. The predicted octanol–water partition coefficient (Wildman–Crippen LogP) is 4.47. The summed E-state index contributed by atoms with van der Waals surface area (Å²) in [7, 11) is 0. The van der Waals surface area contributed by atoms with E-state index >= 15 is 0 Å². The third-order valence-electron chi connectivity index (χ3n) is 5.30. The molecule has 1 aliphatic rings. The molecule has 4 rings (SSSR count). The zero-order valence-electron chi connectivity index (χ0n) is 17.4. The lowest BCUT2D eigenvalue weighted by Crippen LogP contribution is -2.41. The van der Waals surface area contributed by atoms with Crippen LogP contribution >= 0.6 is 22.7 Å². The maximum atomic E-state index is 14.0. The highest BCUT2D eigenvalue weighted by Gasteiger charge is 2.32. The Hall–Kier alpha value is -2.75. The number of rotatable bonds is 8. The molecule has 0 unspecified atom stereocenters. The Morgan fingerprint density at radius 1 is 1.03 bits per heavy atom. The van der Waals surface area contributed by atoms with Crippen LogP contribution in [0, 0.1) is 0 Å². The highest BCUT2D eigenvalue weighted by atomic mass is 32.1. The maximum Gasteiger partial charge on any atom is 0.319 e. The van der Waals surface area contributed by atoms with Gasteiger partial charge in [-0.2, -0.15) is 0 Å². The molecular formula is C23H25FN4O2S2. The van der Waals surface area contributed by atoms with E-state index in [1.807, 2.05) is 35.0 Å². The second kappa shape index (κ2) is 10.7. The second-order valence-electron chi connectivity index (χ2n) is 7.67. The van der Waals surface area contributed by atoms with Crippen molar-refractivity contribution in [3.8, 4) is 0 Å². The number of alkyl halides is 1. The van der Waals surface area contributed by atoms with Crippen LogP contribution in [0.3, 0.4) is 0 Å². The van der Waals surface area contributed by atoms with Crippen molar-refractivity contribution in [3.63, 3.8) is 0 Å². The van der Waals surface area contributed by atoms with Gasteiger partial charge in [0, 0.05) is 46.7 Å². The fourth-order valence-electron chi connectivity index (χ4n) is 3.74. The lowest BCUT2D eigenvalue weighted by atomic mass is 10.2. The quantitative estimate of drug-likeness (QED) is 0.453. The molecule has 6 nitrogen and oxygen atoms in total. The molecule has 1 fully saturated rings. The molecule has 0 saturated carbocycles. The van der Waals surface area contributed by atoms with Crippen molar-refractivity contribution in [3.05, 3.63) is 74.6 Å². The first-order valence-electron chi connectivity index (χ1n) is 10.4. The highest BCUT2D eigenvalue weighted by Crippen LogP contribution is 2.24. The molecule has 2 aromatic heterocycles. The molecule has 3 amide bonds. The highest BCUT2D eigenvalue weighted by molar-refractivity contribution is 7.10. The summed E-state index contributed by atoms with van der Waals surface area (Å²) in [5.74, 6) is -0.202. The number of hydrogen-bond acceptors (Lipinski definition) is 5. The van der Waals surface area contributed by atoms with Crippen LogP contribution in [0.2, 0.25) is 0 Å². The first-order chi connectivity index (χ1) is 15.6. The predicted molar refractivity (Wildman–Crippen MR) is 127 cm³/mol. The molecule has 9 heteroatoms. The Labute approximate surface area is 194 Å². The van der Waals surface area contributed by atoms with Gasteiger partial charge in [-0.3, -0.25) is 9.69 Å². The molecule has 0 spiro atoms.